The van der Waals surface area contributed by atoms with Crippen molar-refractivity contribution in [1.82, 2.24) is 0 Å². The van der Waals surface area contributed by atoms with Gasteiger partial charge in [0.25, 0.3) is 0 Å². The monoisotopic (exact) mass is 648 g/mol. The highest BCUT2D eigenvalue weighted by Gasteiger charge is 2.30. The van der Waals surface area contributed by atoms with Crippen LogP contribution in [-0.2, 0) is 6.42 Å². The Balaban J connectivity index is 1.58. The summed E-state index contributed by atoms with van der Waals surface area (Å²) in [5.74, 6) is -5.52. The molecule has 0 saturated heterocycles. The molecule has 0 unspecified atom stereocenters. The van der Waals surface area contributed by atoms with Gasteiger partial charge >= 0.3 is 0 Å². The molecule has 4 N–H and O–H groups in total. The van der Waals surface area contributed by atoms with Gasteiger partial charge in [-0.3, -0.25) is 19.2 Å². The Kier molecular flexibility index (Phi) is 8.87. The zero-order chi connectivity index (χ0) is 34.7. The van der Waals surface area contributed by atoms with Crippen molar-refractivity contribution >= 4 is 23.1 Å². The Morgan fingerprint density at radius 3 is 0.755 bits per heavy atom. The van der Waals surface area contributed by atoms with E-state index in [4.69, 9.17) is 0 Å². The lowest BCUT2D eigenvalue weighted by atomic mass is 9.87. The average molecular weight is 649 g/mol. The second kappa shape index (κ2) is 13.5. The summed E-state index contributed by atoms with van der Waals surface area (Å²) >= 11 is 0. The highest BCUT2D eigenvalue weighted by Crippen LogP contribution is 2.43. The van der Waals surface area contributed by atoms with E-state index in [0.29, 0.717) is 0 Å². The maximum absolute atomic E-state index is 13.7. The van der Waals surface area contributed by atoms with E-state index < -0.39 is 63.7 Å². The summed E-state index contributed by atoms with van der Waals surface area (Å²) in [6, 6.07) is 34.1. The summed E-state index contributed by atoms with van der Waals surface area (Å²) in [7, 11) is 0. The van der Waals surface area contributed by atoms with Gasteiger partial charge in [0.1, 0.15) is 23.0 Å². The fraction of sp³-hybridized carbons (Fsp3) is 0.0244. The van der Waals surface area contributed by atoms with Gasteiger partial charge in [0, 0.05) is 39.8 Å². The molecule has 0 saturated carbocycles. The molecule has 0 aliphatic rings. The van der Waals surface area contributed by atoms with Crippen LogP contribution < -0.4 is 0 Å². The molecule has 0 aliphatic carbocycles. The highest BCUT2D eigenvalue weighted by atomic mass is 16.3. The van der Waals surface area contributed by atoms with Gasteiger partial charge in [0.15, 0.2) is 23.1 Å². The molecule has 0 bridgehead atoms. The number of carbonyl (C=O) groups excluding carboxylic acids is 4. The third-order valence-corrected chi connectivity index (χ3v) is 8.22. The molecule has 0 fully saturated rings. The molecule has 6 aromatic carbocycles. The Morgan fingerprint density at radius 2 is 0.551 bits per heavy atom. The number of ketones is 4. The van der Waals surface area contributed by atoms with Crippen LogP contribution in [0.2, 0.25) is 0 Å². The zero-order valence-corrected chi connectivity index (χ0v) is 25.8. The van der Waals surface area contributed by atoms with Crippen LogP contribution in [0.4, 0.5) is 0 Å². The van der Waals surface area contributed by atoms with E-state index in [2.05, 4.69) is 0 Å². The standard InChI is InChI=1S/C41H28O8/c42-34(24-13-5-1-6-14-24)28-21-29(35(43)25-15-7-2-8-16-25)39(47)32(38(28)46)23-33-40(48)30(36(44)26-17-9-3-10-18-26)22-31(41(33)49)37(45)27-19-11-4-12-20-27/h1-22,46-49H,23H2. The van der Waals surface area contributed by atoms with Crippen molar-refractivity contribution in [3.8, 4) is 23.0 Å². The van der Waals surface area contributed by atoms with E-state index in [1.807, 2.05) is 0 Å². The lowest BCUT2D eigenvalue weighted by molar-refractivity contribution is 0.102. The largest absolute Gasteiger partial charge is 0.507 e. The maximum Gasteiger partial charge on any atom is 0.196 e. The number of phenols is 4. The van der Waals surface area contributed by atoms with Crippen LogP contribution in [0.1, 0.15) is 74.8 Å². The van der Waals surface area contributed by atoms with Crippen LogP contribution in [0.25, 0.3) is 0 Å². The van der Waals surface area contributed by atoms with Crippen molar-refractivity contribution in [2.45, 2.75) is 6.42 Å². The molecule has 0 atom stereocenters. The molecular formula is C41H28O8. The summed E-state index contributed by atoms with van der Waals surface area (Å²) in [4.78, 5) is 54.8. The van der Waals surface area contributed by atoms with E-state index in [-0.39, 0.29) is 44.5 Å². The van der Waals surface area contributed by atoms with E-state index in [1.165, 1.54) is 48.5 Å². The van der Waals surface area contributed by atoms with Crippen LogP contribution in [-0.4, -0.2) is 43.6 Å². The second-order valence-corrected chi connectivity index (χ2v) is 11.3. The fourth-order valence-corrected chi connectivity index (χ4v) is 5.62. The Labute approximate surface area is 280 Å². The molecule has 0 aromatic heterocycles. The minimum absolute atomic E-state index is 0.185. The smallest absolute Gasteiger partial charge is 0.196 e. The summed E-state index contributed by atoms with van der Waals surface area (Å²) in [5, 5.41) is 46.2. The Morgan fingerprint density at radius 1 is 0.347 bits per heavy atom. The van der Waals surface area contributed by atoms with Crippen LogP contribution in [0.5, 0.6) is 23.0 Å². The number of hydrogen-bond acceptors (Lipinski definition) is 8. The average Bonchev–Trinajstić information content (AvgIpc) is 3.15. The number of hydrogen-bond donors (Lipinski definition) is 4. The van der Waals surface area contributed by atoms with Crippen molar-refractivity contribution in [3.63, 3.8) is 0 Å². The van der Waals surface area contributed by atoms with Crippen molar-refractivity contribution in [1.29, 1.82) is 0 Å². The topological polar surface area (TPSA) is 149 Å². The van der Waals surface area contributed by atoms with Crippen molar-refractivity contribution in [2.24, 2.45) is 0 Å². The van der Waals surface area contributed by atoms with Crippen LogP contribution in [0, 0.1) is 0 Å². The minimum Gasteiger partial charge on any atom is -0.507 e. The third-order valence-electron chi connectivity index (χ3n) is 8.22. The Hall–Kier alpha value is -6.80. The normalized spacial score (nSPS) is 10.8. The molecule has 0 radical (unpaired) electrons. The second-order valence-electron chi connectivity index (χ2n) is 11.3. The number of rotatable bonds is 10. The first kappa shape index (κ1) is 32.2. The molecule has 0 heterocycles. The number of benzene rings is 6. The van der Waals surface area contributed by atoms with Gasteiger partial charge in [-0.25, -0.2) is 0 Å². The molecular weight excluding hydrogens is 620 g/mol. The Bertz CT molecular complexity index is 1920. The van der Waals surface area contributed by atoms with Crippen LogP contribution >= 0.6 is 0 Å². The highest BCUT2D eigenvalue weighted by molar-refractivity contribution is 6.17. The van der Waals surface area contributed by atoms with Crippen LogP contribution in [0.3, 0.4) is 0 Å². The van der Waals surface area contributed by atoms with Gasteiger partial charge in [-0.1, -0.05) is 121 Å². The molecule has 6 aromatic rings. The van der Waals surface area contributed by atoms with Gasteiger partial charge < -0.3 is 20.4 Å². The molecule has 0 aliphatic heterocycles. The lowest BCUT2D eigenvalue weighted by Crippen LogP contribution is -2.11. The van der Waals surface area contributed by atoms with E-state index >= 15 is 0 Å². The van der Waals surface area contributed by atoms with Gasteiger partial charge in [-0.15, -0.1) is 0 Å². The van der Waals surface area contributed by atoms with Gasteiger partial charge in [-0.05, 0) is 12.1 Å². The summed E-state index contributed by atoms with van der Waals surface area (Å²) in [6.45, 7) is 0. The third kappa shape index (κ3) is 6.18. The molecule has 49 heavy (non-hydrogen) atoms. The SMILES string of the molecule is O=C(c1ccccc1)c1cc(C(=O)c2ccccc2)c(O)c(Cc2c(O)c(C(=O)c3ccccc3)cc(C(=O)c3ccccc3)c2O)c1O. The summed E-state index contributed by atoms with van der Waals surface area (Å²) in [6.07, 6.45) is -0.689. The first-order chi connectivity index (χ1) is 23.7. The fourth-order valence-electron chi connectivity index (χ4n) is 5.62. The maximum atomic E-state index is 13.7. The van der Waals surface area contributed by atoms with E-state index in [9.17, 15) is 39.6 Å². The summed E-state index contributed by atoms with van der Waals surface area (Å²) < 4.78 is 0. The first-order valence-corrected chi connectivity index (χ1v) is 15.2. The molecule has 6 rings (SSSR count). The zero-order valence-electron chi connectivity index (χ0n) is 25.8. The number of aromatic hydroxyl groups is 4. The molecule has 8 nitrogen and oxygen atoms in total. The van der Waals surface area contributed by atoms with Crippen molar-refractivity contribution < 1.29 is 39.6 Å². The van der Waals surface area contributed by atoms with Gasteiger partial charge in [-0.2, -0.15) is 0 Å². The van der Waals surface area contributed by atoms with Crippen LogP contribution in [0.15, 0.2) is 133 Å². The number of carbonyl (C=O) groups is 4. The number of phenolic OH excluding ortho intramolecular Hbond substituents is 4. The predicted octanol–water partition coefficient (Wildman–Crippen LogP) is 7.02. The van der Waals surface area contributed by atoms with E-state index in [0.717, 1.165) is 12.1 Å². The molecule has 0 amide bonds. The predicted molar refractivity (Wildman–Crippen MR) is 182 cm³/mol. The van der Waals surface area contributed by atoms with Crippen molar-refractivity contribution in [2.75, 3.05) is 0 Å². The molecule has 8 heteroatoms. The summed E-state index contributed by atoms with van der Waals surface area (Å²) in [5.41, 5.74) is -1.35. The quantitative estimate of drug-likeness (QED) is 0.116. The van der Waals surface area contributed by atoms with Gasteiger partial charge in [0.2, 0.25) is 0 Å². The van der Waals surface area contributed by atoms with Crippen molar-refractivity contribution in [3.05, 3.63) is 189 Å². The molecule has 0 spiro atoms. The minimum atomic E-state index is -0.717. The van der Waals surface area contributed by atoms with E-state index in [1.54, 1.807) is 72.8 Å². The van der Waals surface area contributed by atoms with Gasteiger partial charge in [0.05, 0.1) is 22.3 Å². The first-order valence-electron chi connectivity index (χ1n) is 15.2. The lowest BCUT2D eigenvalue weighted by Gasteiger charge is -2.19. The molecule has 240 valence electrons.